The molecule has 0 aliphatic carbocycles. The van der Waals surface area contributed by atoms with Gasteiger partial charge in [0.05, 0.1) is 25.4 Å². The summed E-state index contributed by atoms with van der Waals surface area (Å²) in [6.07, 6.45) is 8.53. The van der Waals surface area contributed by atoms with Crippen molar-refractivity contribution in [3.8, 4) is 17.2 Å². The summed E-state index contributed by atoms with van der Waals surface area (Å²) in [6, 6.07) is 1.82. The Morgan fingerprint density at radius 3 is 1.85 bits per heavy atom. The zero-order valence-electron chi connectivity index (χ0n) is 18.0. The highest BCUT2D eigenvalue weighted by Gasteiger charge is 2.22. The van der Waals surface area contributed by atoms with Crippen LogP contribution in [-0.4, -0.2) is 25.6 Å². The number of rotatable bonds is 15. The normalized spacial score (nSPS) is 10.7. The van der Waals surface area contributed by atoms with Crippen LogP contribution in [0, 0.1) is 6.92 Å². The van der Waals surface area contributed by atoms with Crippen molar-refractivity contribution >= 4 is 5.78 Å². The molecule has 4 nitrogen and oxygen atoms in total. The Labute approximate surface area is 165 Å². The molecule has 0 aromatic heterocycles. The Hall–Kier alpha value is -1.71. The van der Waals surface area contributed by atoms with Crippen LogP contribution in [0.2, 0.25) is 0 Å². The van der Waals surface area contributed by atoms with Crippen LogP contribution in [0.3, 0.4) is 0 Å². The Morgan fingerprint density at radius 2 is 1.30 bits per heavy atom. The van der Waals surface area contributed by atoms with Crippen LogP contribution in [0.15, 0.2) is 6.07 Å². The molecule has 154 valence electrons. The predicted molar refractivity (Wildman–Crippen MR) is 112 cm³/mol. The molecule has 4 heteroatoms. The van der Waals surface area contributed by atoms with Gasteiger partial charge in [-0.15, -0.1) is 0 Å². The highest BCUT2D eigenvalue weighted by molar-refractivity contribution is 5.98. The average molecular weight is 379 g/mol. The van der Waals surface area contributed by atoms with Crippen LogP contribution < -0.4 is 14.2 Å². The van der Waals surface area contributed by atoms with Crippen molar-refractivity contribution in [1.29, 1.82) is 0 Å². The smallest absolute Gasteiger partial charge is 0.172 e. The summed E-state index contributed by atoms with van der Waals surface area (Å²) in [4.78, 5) is 12.3. The third-order valence-electron chi connectivity index (χ3n) is 4.56. The molecule has 0 heterocycles. The minimum atomic E-state index is -0.0293. The molecule has 1 aromatic rings. The van der Waals surface area contributed by atoms with Gasteiger partial charge in [-0.3, -0.25) is 4.79 Å². The van der Waals surface area contributed by atoms with E-state index in [9.17, 15) is 4.79 Å². The van der Waals surface area contributed by atoms with Gasteiger partial charge in [-0.2, -0.15) is 0 Å². The number of carbonyl (C=O) groups is 1. The molecule has 0 aliphatic rings. The molecule has 0 bridgehead atoms. The van der Waals surface area contributed by atoms with E-state index >= 15 is 0 Å². The maximum absolute atomic E-state index is 12.3. The molecule has 0 N–H and O–H groups in total. The lowest BCUT2D eigenvalue weighted by Gasteiger charge is -2.20. The first-order valence-electron chi connectivity index (χ1n) is 10.6. The monoisotopic (exact) mass is 378 g/mol. The van der Waals surface area contributed by atoms with Crippen molar-refractivity contribution in [2.24, 2.45) is 0 Å². The zero-order valence-corrected chi connectivity index (χ0v) is 18.0. The van der Waals surface area contributed by atoms with E-state index in [2.05, 4.69) is 20.8 Å². The van der Waals surface area contributed by atoms with Crippen molar-refractivity contribution in [3.63, 3.8) is 0 Å². The maximum atomic E-state index is 12.3. The van der Waals surface area contributed by atoms with Gasteiger partial charge in [-0.1, -0.05) is 52.9 Å². The molecular formula is C23H38O4. The Kier molecular flexibility index (Phi) is 11.6. The molecule has 1 rings (SSSR count). The lowest BCUT2D eigenvalue weighted by molar-refractivity contribution is 0.101. The van der Waals surface area contributed by atoms with E-state index in [0.717, 1.165) is 62.7 Å². The second-order valence-electron chi connectivity index (χ2n) is 7.07. The fraction of sp³-hybridized carbons (Fsp3) is 0.696. The summed E-state index contributed by atoms with van der Waals surface area (Å²) >= 11 is 0. The third-order valence-corrected chi connectivity index (χ3v) is 4.56. The number of unbranched alkanes of at least 4 members (excludes halogenated alkanes) is 5. The van der Waals surface area contributed by atoms with Gasteiger partial charge in [0.25, 0.3) is 0 Å². The number of hydrogen-bond acceptors (Lipinski definition) is 4. The fourth-order valence-electron chi connectivity index (χ4n) is 2.82. The Balaban J connectivity index is 3.14. The van der Waals surface area contributed by atoms with Crippen LogP contribution in [0.4, 0.5) is 0 Å². The van der Waals surface area contributed by atoms with Crippen molar-refractivity contribution in [2.45, 2.75) is 86.0 Å². The van der Waals surface area contributed by atoms with E-state index in [1.807, 2.05) is 13.0 Å². The van der Waals surface area contributed by atoms with Gasteiger partial charge in [0.2, 0.25) is 0 Å². The lowest BCUT2D eigenvalue weighted by Crippen LogP contribution is -2.10. The standard InChI is InChI=1S/C23H38O4/c1-6-9-12-15-25-21-17-20(19(5)24)23(27-14-11-8-3)22(18(21)4)26-16-13-10-7-2/h17H,6-16H2,1-5H3. The van der Waals surface area contributed by atoms with E-state index in [-0.39, 0.29) is 5.78 Å². The predicted octanol–water partition coefficient (Wildman–Crippen LogP) is 6.51. The molecule has 1 aromatic carbocycles. The van der Waals surface area contributed by atoms with E-state index in [4.69, 9.17) is 14.2 Å². The largest absolute Gasteiger partial charge is 0.493 e. The number of Topliss-reactive ketones (excluding diaryl/α,β-unsaturated/α-hetero) is 1. The van der Waals surface area contributed by atoms with Gasteiger partial charge in [-0.05, 0) is 39.2 Å². The molecule has 0 atom stereocenters. The summed E-state index contributed by atoms with van der Waals surface area (Å²) in [5, 5.41) is 0. The van der Waals surface area contributed by atoms with Crippen LogP contribution in [-0.2, 0) is 0 Å². The SMILES string of the molecule is CCCCCOc1cc(C(C)=O)c(OCCCC)c(OCCCCC)c1C. The summed E-state index contributed by atoms with van der Waals surface area (Å²) in [6.45, 7) is 11.9. The second kappa shape index (κ2) is 13.5. The molecule has 0 saturated carbocycles. The maximum Gasteiger partial charge on any atom is 0.172 e. The molecule has 0 radical (unpaired) electrons. The van der Waals surface area contributed by atoms with Crippen molar-refractivity contribution in [2.75, 3.05) is 19.8 Å². The van der Waals surface area contributed by atoms with Gasteiger partial charge < -0.3 is 14.2 Å². The first-order valence-corrected chi connectivity index (χ1v) is 10.6. The average Bonchev–Trinajstić information content (AvgIpc) is 2.65. The van der Waals surface area contributed by atoms with Crippen molar-refractivity contribution in [3.05, 3.63) is 17.2 Å². The number of benzene rings is 1. The topological polar surface area (TPSA) is 44.8 Å². The van der Waals surface area contributed by atoms with Crippen LogP contribution >= 0.6 is 0 Å². The minimum Gasteiger partial charge on any atom is -0.493 e. The first-order chi connectivity index (χ1) is 13.1. The highest BCUT2D eigenvalue weighted by Crippen LogP contribution is 2.41. The summed E-state index contributed by atoms with van der Waals surface area (Å²) < 4.78 is 18.1. The number of hydrogen-bond donors (Lipinski definition) is 0. The van der Waals surface area contributed by atoms with E-state index in [1.54, 1.807) is 6.92 Å². The molecule has 0 aliphatic heterocycles. The van der Waals surface area contributed by atoms with Gasteiger partial charge >= 0.3 is 0 Å². The summed E-state index contributed by atoms with van der Waals surface area (Å²) in [5.74, 6) is 1.94. The molecular weight excluding hydrogens is 340 g/mol. The van der Waals surface area contributed by atoms with Crippen molar-refractivity contribution in [1.82, 2.24) is 0 Å². The van der Waals surface area contributed by atoms with Gasteiger partial charge in [0, 0.05) is 5.56 Å². The van der Waals surface area contributed by atoms with Gasteiger partial charge in [0.15, 0.2) is 17.3 Å². The number of carbonyl (C=O) groups excluding carboxylic acids is 1. The van der Waals surface area contributed by atoms with Gasteiger partial charge in [-0.25, -0.2) is 0 Å². The molecule has 27 heavy (non-hydrogen) atoms. The first kappa shape index (κ1) is 23.3. The molecule has 0 amide bonds. The Bertz CT molecular complexity index is 566. The fourth-order valence-corrected chi connectivity index (χ4v) is 2.82. The second-order valence-corrected chi connectivity index (χ2v) is 7.07. The van der Waals surface area contributed by atoms with Gasteiger partial charge in [0.1, 0.15) is 5.75 Å². The van der Waals surface area contributed by atoms with Crippen LogP contribution in [0.5, 0.6) is 17.2 Å². The summed E-state index contributed by atoms with van der Waals surface area (Å²) in [7, 11) is 0. The van der Waals surface area contributed by atoms with E-state index in [0.29, 0.717) is 36.9 Å². The molecule has 0 spiro atoms. The van der Waals surface area contributed by atoms with Crippen LogP contribution in [0.1, 0.15) is 95.0 Å². The van der Waals surface area contributed by atoms with Crippen LogP contribution in [0.25, 0.3) is 0 Å². The third kappa shape index (κ3) is 7.82. The number of ether oxygens (including phenoxy) is 3. The quantitative estimate of drug-likeness (QED) is 0.258. The highest BCUT2D eigenvalue weighted by atomic mass is 16.5. The molecule has 0 unspecified atom stereocenters. The van der Waals surface area contributed by atoms with Crippen molar-refractivity contribution < 1.29 is 19.0 Å². The van der Waals surface area contributed by atoms with E-state index < -0.39 is 0 Å². The molecule has 0 fully saturated rings. The lowest BCUT2D eigenvalue weighted by atomic mass is 10.0. The number of ketones is 1. The minimum absolute atomic E-state index is 0.0293. The van der Waals surface area contributed by atoms with E-state index in [1.165, 1.54) is 0 Å². The summed E-state index contributed by atoms with van der Waals surface area (Å²) in [5.41, 5.74) is 1.46. The Morgan fingerprint density at radius 1 is 0.778 bits per heavy atom. The molecule has 0 saturated heterocycles. The zero-order chi connectivity index (χ0) is 20.1.